The molecule has 0 bridgehead atoms. The van der Waals surface area contributed by atoms with Gasteiger partial charge >= 0.3 is 0 Å². The van der Waals surface area contributed by atoms with E-state index in [4.69, 9.17) is 0 Å². The molecule has 0 spiro atoms. The molecule has 0 aliphatic rings. The monoisotopic (exact) mass is 238 g/mol. The number of carbonyl (C=O) groups excluding carboxylic acids is 1. The summed E-state index contributed by atoms with van der Waals surface area (Å²) < 4.78 is 11.7. The standard InChI is InChI=1S/C13H18O2S/c1-4-11(3)16(15)9-13(14)12-7-5-6-10(2)8-12/h5-8,11H,4,9H2,1-3H3. The van der Waals surface area contributed by atoms with Crippen molar-refractivity contribution in [2.24, 2.45) is 0 Å². The van der Waals surface area contributed by atoms with Crippen LogP contribution in [0.25, 0.3) is 0 Å². The van der Waals surface area contributed by atoms with Gasteiger partial charge in [0.15, 0.2) is 5.78 Å². The van der Waals surface area contributed by atoms with E-state index in [9.17, 15) is 9.00 Å². The topological polar surface area (TPSA) is 34.1 Å². The van der Waals surface area contributed by atoms with Gasteiger partial charge in [0, 0.05) is 21.6 Å². The van der Waals surface area contributed by atoms with E-state index in [1.807, 2.05) is 39.0 Å². The average Bonchev–Trinajstić information content (AvgIpc) is 2.27. The zero-order valence-corrected chi connectivity index (χ0v) is 10.8. The largest absolute Gasteiger partial charge is 0.293 e. The van der Waals surface area contributed by atoms with E-state index in [1.54, 1.807) is 6.07 Å². The van der Waals surface area contributed by atoms with E-state index in [0.29, 0.717) is 5.56 Å². The molecule has 1 aromatic carbocycles. The van der Waals surface area contributed by atoms with Crippen molar-refractivity contribution in [2.75, 3.05) is 5.75 Å². The number of benzene rings is 1. The average molecular weight is 238 g/mol. The number of rotatable bonds is 5. The van der Waals surface area contributed by atoms with Gasteiger partial charge in [-0.1, -0.05) is 37.6 Å². The summed E-state index contributed by atoms with van der Waals surface area (Å²) in [5.74, 6) is 0.112. The van der Waals surface area contributed by atoms with Crippen LogP contribution in [0.4, 0.5) is 0 Å². The van der Waals surface area contributed by atoms with Crippen LogP contribution in [-0.2, 0) is 10.8 Å². The molecular weight excluding hydrogens is 220 g/mol. The summed E-state index contributed by atoms with van der Waals surface area (Å²) in [6, 6.07) is 7.43. The van der Waals surface area contributed by atoms with Gasteiger partial charge in [-0.15, -0.1) is 0 Å². The molecule has 0 radical (unpaired) electrons. The molecule has 2 unspecified atom stereocenters. The molecule has 0 heterocycles. The Kier molecular flexibility index (Phi) is 4.87. The summed E-state index contributed by atoms with van der Waals surface area (Å²) in [6.07, 6.45) is 0.841. The van der Waals surface area contributed by atoms with E-state index in [2.05, 4.69) is 0 Å². The van der Waals surface area contributed by atoms with Gasteiger partial charge in [0.2, 0.25) is 0 Å². The van der Waals surface area contributed by atoms with Gasteiger partial charge in [-0.05, 0) is 19.4 Å². The van der Waals surface area contributed by atoms with E-state index in [1.165, 1.54) is 0 Å². The lowest BCUT2D eigenvalue weighted by Crippen LogP contribution is -2.19. The molecule has 0 saturated heterocycles. The number of ketones is 1. The van der Waals surface area contributed by atoms with E-state index in [-0.39, 0.29) is 16.8 Å². The van der Waals surface area contributed by atoms with Crippen LogP contribution in [0.3, 0.4) is 0 Å². The molecule has 88 valence electrons. The zero-order chi connectivity index (χ0) is 12.1. The Morgan fingerprint density at radius 2 is 2.12 bits per heavy atom. The number of aryl methyl sites for hydroxylation is 1. The first kappa shape index (κ1) is 13.1. The molecule has 0 aliphatic carbocycles. The minimum absolute atomic E-state index is 0.0256. The fourth-order valence-corrected chi connectivity index (χ4v) is 2.44. The minimum atomic E-state index is -1.05. The molecule has 0 saturated carbocycles. The molecule has 0 aliphatic heterocycles. The first-order chi connectivity index (χ1) is 7.54. The summed E-state index contributed by atoms with van der Waals surface area (Å²) in [4.78, 5) is 11.8. The van der Waals surface area contributed by atoms with Gasteiger partial charge in [-0.2, -0.15) is 0 Å². The Bertz CT molecular complexity index is 399. The maximum atomic E-state index is 11.8. The highest BCUT2D eigenvalue weighted by Crippen LogP contribution is 2.08. The lowest BCUT2D eigenvalue weighted by Gasteiger charge is -2.08. The molecule has 16 heavy (non-hydrogen) atoms. The van der Waals surface area contributed by atoms with Crippen molar-refractivity contribution >= 4 is 16.6 Å². The van der Waals surface area contributed by atoms with E-state index in [0.717, 1.165) is 12.0 Å². The van der Waals surface area contributed by atoms with Crippen LogP contribution in [0.15, 0.2) is 24.3 Å². The maximum absolute atomic E-state index is 11.8. The molecular formula is C13H18O2S. The predicted octanol–water partition coefficient (Wildman–Crippen LogP) is 2.72. The minimum Gasteiger partial charge on any atom is -0.293 e. The van der Waals surface area contributed by atoms with Crippen molar-refractivity contribution in [1.29, 1.82) is 0 Å². The smallest absolute Gasteiger partial charge is 0.175 e. The second-order valence-electron chi connectivity index (χ2n) is 4.04. The van der Waals surface area contributed by atoms with Crippen LogP contribution in [-0.4, -0.2) is 21.0 Å². The van der Waals surface area contributed by atoms with Crippen molar-refractivity contribution in [3.8, 4) is 0 Å². The molecule has 1 aromatic rings. The highest BCUT2D eigenvalue weighted by Gasteiger charge is 2.14. The van der Waals surface area contributed by atoms with Crippen molar-refractivity contribution in [3.05, 3.63) is 35.4 Å². The Morgan fingerprint density at radius 1 is 1.44 bits per heavy atom. The summed E-state index contributed by atoms with van der Waals surface area (Å²) in [5, 5.41) is 0.0914. The van der Waals surface area contributed by atoms with Crippen molar-refractivity contribution < 1.29 is 9.00 Å². The number of hydrogen-bond donors (Lipinski definition) is 0. The maximum Gasteiger partial charge on any atom is 0.175 e. The summed E-state index contributed by atoms with van der Waals surface area (Å²) in [7, 11) is -1.05. The molecule has 3 heteroatoms. The zero-order valence-electron chi connectivity index (χ0n) is 10.0. The molecule has 2 nitrogen and oxygen atoms in total. The number of hydrogen-bond acceptors (Lipinski definition) is 2. The Hall–Kier alpha value is -0.960. The Morgan fingerprint density at radius 3 is 2.69 bits per heavy atom. The van der Waals surface area contributed by atoms with Gasteiger partial charge in [-0.25, -0.2) is 0 Å². The van der Waals surface area contributed by atoms with E-state index < -0.39 is 10.8 Å². The fraction of sp³-hybridized carbons (Fsp3) is 0.462. The second-order valence-corrected chi connectivity index (χ2v) is 5.89. The lowest BCUT2D eigenvalue weighted by molar-refractivity contribution is 0.102. The molecule has 0 N–H and O–H groups in total. The third kappa shape index (κ3) is 3.56. The second kappa shape index (κ2) is 5.94. The van der Waals surface area contributed by atoms with Crippen molar-refractivity contribution in [1.82, 2.24) is 0 Å². The van der Waals surface area contributed by atoms with Gasteiger partial charge < -0.3 is 0 Å². The van der Waals surface area contributed by atoms with Crippen LogP contribution in [0.5, 0.6) is 0 Å². The highest BCUT2D eigenvalue weighted by atomic mass is 32.2. The molecule has 0 amide bonds. The number of carbonyl (C=O) groups is 1. The van der Waals surface area contributed by atoms with Crippen LogP contribution >= 0.6 is 0 Å². The van der Waals surface area contributed by atoms with Crippen LogP contribution in [0.1, 0.15) is 36.2 Å². The molecule has 0 aromatic heterocycles. The molecule has 2 atom stereocenters. The van der Waals surface area contributed by atoms with Crippen molar-refractivity contribution in [3.63, 3.8) is 0 Å². The van der Waals surface area contributed by atoms with Gasteiger partial charge in [0.25, 0.3) is 0 Å². The quantitative estimate of drug-likeness (QED) is 0.739. The predicted molar refractivity (Wildman–Crippen MR) is 68.3 cm³/mol. The van der Waals surface area contributed by atoms with Gasteiger partial charge in [0.1, 0.15) is 0 Å². The summed E-state index contributed by atoms with van der Waals surface area (Å²) in [5.41, 5.74) is 1.72. The van der Waals surface area contributed by atoms with E-state index >= 15 is 0 Å². The summed E-state index contributed by atoms with van der Waals surface area (Å²) >= 11 is 0. The summed E-state index contributed by atoms with van der Waals surface area (Å²) in [6.45, 7) is 5.85. The van der Waals surface area contributed by atoms with Gasteiger partial charge in [-0.3, -0.25) is 9.00 Å². The highest BCUT2D eigenvalue weighted by molar-refractivity contribution is 7.86. The molecule has 0 fully saturated rings. The fourth-order valence-electron chi connectivity index (χ4n) is 1.36. The van der Waals surface area contributed by atoms with Crippen LogP contribution in [0.2, 0.25) is 0 Å². The third-order valence-electron chi connectivity index (χ3n) is 2.64. The Labute approximate surface area is 99.5 Å². The Balaban J connectivity index is 2.69. The molecule has 1 rings (SSSR count). The van der Waals surface area contributed by atoms with Crippen molar-refractivity contribution in [2.45, 2.75) is 32.4 Å². The first-order valence-electron chi connectivity index (χ1n) is 5.51. The lowest BCUT2D eigenvalue weighted by atomic mass is 10.1. The van der Waals surface area contributed by atoms with Crippen LogP contribution in [0, 0.1) is 6.92 Å². The SMILES string of the molecule is CCC(C)S(=O)CC(=O)c1cccc(C)c1. The normalized spacial score (nSPS) is 14.4. The van der Waals surface area contributed by atoms with Gasteiger partial charge in [0.05, 0.1) is 5.75 Å². The van der Waals surface area contributed by atoms with Crippen LogP contribution < -0.4 is 0 Å². The third-order valence-corrected chi connectivity index (χ3v) is 4.41. The number of Topliss-reactive ketones (excluding diaryl/α,β-unsaturated/α-hetero) is 1. The first-order valence-corrected chi connectivity index (χ1v) is 6.89.